The van der Waals surface area contributed by atoms with Crippen molar-refractivity contribution in [1.29, 1.82) is 0 Å². The Morgan fingerprint density at radius 2 is 0.948 bits per heavy atom. The number of carbonyl (C=O) groups is 2. The molecule has 0 aromatic heterocycles. The van der Waals surface area contributed by atoms with Gasteiger partial charge in [0.25, 0.3) is 0 Å². The lowest BCUT2D eigenvalue weighted by molar-refractivity contribution is -0.161. The highest BCUT2D eigenvalue weighted by molar-refractivity contribution is 7.47. The van der Waals surface area contributed by atoms with E-state index in [-0.39, 0.29) is 19.4 Å². The normalized spacial score (nSPS) is 14.4. The van der Waals surface area contributed by atoms with Crippen molar-refractivity contribution >= 4 is 19.8 Å². The first-order valence-corrected chi connectivity index (χ1v) is 24.2. The molecule has 0 fully saturated rings. The summed E-state index contributed by atoms with van der Waals surface area (Å²) in [6.07, 6.45) is 47.5. The molecule has 3 N–H and O–H groups in total. The van der Waals surface area contributed by atoms with E-state index in [0.717, 1.165) is 89.9 Å². The van der Waals surface area contributed by atoms with E-state index < -0.39 is 51.8 Å². The number of allylic oxidation sites excluding steroid dienone is 10. The first kappa shape index (κ1) is 55.7. The minimum atomic E-state index is -4.62. The molecule has 0 saturated carbocycles. The average molecular weight is 839 g/mol. The Bertz CT molecular complexity index is 1150. The molecule has 0 heterocycles. The maximum Gasteiger partial charge on any atom is 0.472 e. The minimum absolute atomic E-state index is 0.171. The molecular formula is C47H83O10P. The second-order valence-electron chi connectivity index (χ2n) is 15.0. The Morgan fingerprint density at radius 3 is 1.45 bits per heavy atom. The van der Waals surface area contributed by atoms with Gasteiger partial charge in [0.15, 0.2) is 6.10 Å². The van der Waals surface area contributed by atoms with Gasteiger partial charge in [0.1, 0.15) is 12.7 Å². The van der Waals surface area contributed by atoms with Crippen LogP contribution < -0.4 is 0 Å². The molecule has 0 aliphatic heterocycles. The molecule has 0 radical (unpaired) electrons. The highest BCUT2D eigenvalue weighted by Crippen LogP contribution is 2.43. The summed E-state index contributed by atoms with van der Waals surface area (Å²) in [7, 11) is -4.62. The zero-order chi connectivity index (χ0) is 42.6. The van der Waals surface area contributed by atoms with Crippen LogP contribution in [0.2, 0.25) is 0 Å². The average Bonchev–Trinajstić information content (AvgIpc) is 3.21. The number of unbranched alkanes of at least 4 members (excludes halogenated alkanes) is 18. The zero-order valence-corrected chi connectivity index (χ0v) is 37.4. The summed E-state index contributed by atoms with van der Waals surface area (Å²) in [4.78, 5) is 35.0. The third-order valence-corrected chi connectivity index (χ3v) is 10.4. The van der Waals surface area contributed by atoms with Gasteiger partial charge in [-0.2, -0.15) is 0 Å². The molecule has 0 aliphatic rings. The summed E-state index contributed by atoms with van der Waals surface area (Å²) >= 11 is 0. The molecule has 11 heteroatoms. The Balaban J connectivity index is 4.28. The molecular weight excluding hydrogens is 755 g/mol. The van der Waals surface area contributed by atoms with Crippen LogP contribution in [0.3, 0.4) is 0 Å². The van der Waals surface area contributed by atoms with Gasteiger partial charge in [-0.15, -0.1) is 0 Å². The van der Waals surface area contributed by atoms with Gasteiger partial charge in [0, 0.05) is 12.8 Å². The fourth-order valence-electron chi connectivity index (χ4n) is 5.92. The smallest absolute Gasteiger partial charge is 0.462 e. The fraction of sp³-hybridized carbons (Fsp3) is 0.745. The van der Waals surface area contributed by atoms with Crippen LogP contribution in [0.25, 0.3) is 0 Å². The third kappa shape index (κ3) is 41.8. The first-order valence-electron chi connectivity index (χ1n) is 22.7. The summed E-state index contributed by atoms with van der Waals surface area (Å²) < 4.78 is 32.7. The molecule has 0 bridgehead atoms. The van der Waals surface area contributed by atoms with Crippen LogP contribution in [0.5, 0.6) is 0 Å². The van der Waals surface area contributed by atoms with Gasteiger partial charge in [-0.3, -0.25) is 18.6 Å². The van der Waals surface area contributed by atoms with Gasteiger partial charge in [0.05, 0.1) is 19.8 Å². The van der Waals surface area contributed by atoms with E-state index in [0.29, 0.717) is 12.8 Å². The number of phosphoric acid groups is 1. The van der Waals surface area contributed by atoms with Gasteiger partial charge < -0.3 is 24.6 Å². The van der Waals surface area contributed by atoms with Crippen molar-refractivity contribution in [1.82, 2.24) is 0 Å². The number of ether oxygens (including phenoxy) is 2. The Morgan fingerprint density at radius 1 is 0.534 bits per heavy atom. The molecule has 0 amide bonds. The van der Waals surface area contributed by atoms with E-state index in [2.05, 4.69) is 74.6 Å². The number of phosphoric ester groups is 1. The van der Waals surface area contributed by atoms with E-state index in [4.69, 9.17) is 23.6 Å². The van der Waals surface area contributed by atoms with Gasteiger partial charge in [-0.05, 0) is 77.0 Å². The van der Waals surface area contributed by atoms with Gasteiger partial charge in [0.2, 0.25) is 0 Å². The number of hydrogen-bond acceptors (Lipinski definition) is 9. The van der Waals surface area contributed by atoms with E-state index in [1.54, 1.807) is 0 Å². The molecule has 3 atom stereocenters. The number of aliphatic hydroxyl groups excluding tert-OH is 2. The molecule has 58 heavy (non-hydrogen) atoms. The molecule has 0 aliphatic carbocycles. The molecule has 0 rings (SSSR count). The molecule has 0 spiro atoms. The predicted octanol–water partition coefficient (Wildman–Crippen LogP) is 12.3. The Labute approximate surface area is 353 Å². The highest BCUT2D eigenvalue weighted by atomic mass is 31.2. The maximum atomic E-state index is 12.6. The number of hydrogen-bond donors (Lipinski definition) is 3. The van der Waals surface area contributed by atoms with Crippen molar-refractivity contribution in [2.75, 3.05) is 26.4 Å². The summed E-state index contributed by atoms with van der Waals surface area (Å²) in [5, 5.41) is 18.3. The molecule has 0 saturated heterocycles. The second-order valence-corrected chi connectivity index (χ2v) is 16.5. The topological polar surface area (TPSA) is 149 Å². The summed E-state index contributed by atoms with van der Waals surface area (Å²) in [6, 6.07) is 0. The summed E-state index contributed by atoms with van der Waals surface area (Å²) in [5.74, 6) is -0.945. The van der Waals surface area contributed by atoms with Gasteiger partial charge >= 0.3 is 19.8 Å². The van der Waals surface area contributed by atoms with Crippen LogP contribution >= 0.6 is 7.82 Å². The quantitative estimate of drug-likeness (QED) is 0.0235. The number of aliphatic hydroxyl groups is 2. The number of rotatable bonds is 42. The van der Waals surface area contributed by atoms with E-state index in [1.165, 1.54) is 57.8 Å². The predicted molar refractivity (Wildman–Crippen MR) is 237 cm³/mol. The highest BCUT2D eigenvalue weighted by Gasteiger charge is 2.27. The SMILES string of the molecule is CC/C=C\C/C=C\C/C=C\C/C=C\CCCCCCCCCCC(=O)OC(COC(=O)CCCCCCC/C=C\CCCCCCC)COP(=O)(O)OCC(O)CO. The first-order chi connectivity index (χ1) is 28.2. The van der Waals surface area contributed by atoms with Gasteiger partial charge in [-0.1, -0.05) is 158 Å². The van der Waals surface area contributed by atoms with Crippen molar-refractivity contribution in [3.05, 3.63) is 60.8 Å². The van der Waals surface area contributed by atoms with Crippen molar-refractivity contribution in [2.45, 2.75) is 199 Å². The van der Waals surface area contributed by atoms with E-state index in [1.807, 2.05) is 0 Å². The zero-order valence-electron chi connectivity index (χ0n) is 36.5. The van der Waals surface area contributed by atoms with Gasteiger partial charge in [-0.25, -0.2) is 4.57 Å². The fourth-order valence-corrected chi connectivity index (χ4v) is 6.71. The molecule has 336 valence electrons. The molecule has 10 nitrogen and oxygen atoms in total. The monoisotopic (exact) mass is 839 g/mol. The van der Waals surface area contributed by atoms with Crippen LogP contribution in [-0.4, -0.2) is 65.7 Å². The maximum absolute atomic E-state index is 12.6. The lowest BCUT2D eigenvalue weighted by Gasteiger charge is -2.20. The molecule has 3 unspecified atom stereocenters. The number of carbonyl (C=O) groups excluding carboxylic acids is 2. The Kier molecular flexibility index (Phi) is 41.1. The van der Waals surface area contributed by atoms with Crippen LogP contribution in [0.1, 0.15) is 187 Å². The van der Waals surface area contributed by atoms with Crippen molar-refractivity contribution in [3.63, 3.8) is 0 Å². The van der Waals surface area contributed by atoms with Crippen LogP contribution in [0.4, 0.5) is 0 Å². The lowest BCUT2D eigenvalue weighted by Crippen LogP contribution is -2.29. The second kappa shape index (κ2) is 42.8. The minimum Gasteiger partial charge on any atom is -0.462 e. The van der Waals surface area contributed by atoms with Crippen LogP contribution in [0.15, 0.2) is 60.8 Å². The van der Waals surface area contributed by atoms with Crippen LogP contribution in [0, 0.1) is 0 Å². The van der Waals surface area contributed by atoms with E-state index >= 15 is 0 Å². The standard InChI is InChI=1S/C47H83O10P/c1-3-5-7-9-11-13-15-17-19-20-21-22-23-24-25-27-29-31-33-35-37-39-47(51)57-45(43-56-58(52,53)55-41-44(49)40-48)42-54-46(50)38-36-34-32-30-28-26-18-16-14-12-10-8-6-4-2/h5,7,11,13,16-19,21-22,44-45,48-49H,3-4,6,8-10,12,14-15,20,23-43H2,1-2H3,(H,52,53)/b7-5-,13-11-,18-16-,19-17-,22-21-. The van der Waals surface area contributed by atoms with Crippen LogP contribution in [-0.2, 0) is 32.7 Å². The summed E-state index contributed by atoms with van der Waals surface area (Å²) in [5.41, 5.74) is 0. The lowest BCUT2D eigenvalue weighted by atomic mass is 10.1. The van der Waals surface area contributed by atoms with Crippen molar-refractivity contribution < 1.29 is 47.8 Å². The van der Waals surface area contributed by atoms with Crippen molar-refractivity contribution in [2.24, 2.45) is 0 Å². The van der Waals surface area contributed by atoms with E-state index in [9.17, 15) is 24.2 Å². The summed E-state index contributed by atoms with van der Waals surface area (Å²) in [6.45, 7) is 2.24. The number of esters is 2. The largest absolute Gasteiger partial charge is 0.472 e. The van der Waals surface area contributed by atoms with Crippen molar-refractivity contribution in [3.8, 4) is 0 Å². The molecule has 0 aromatic carbocycles. The Hall–Kier alpha value is -2.33. The molecule has 0 aromatic rings. The third-order valence-electron chi connectivity index (χ3n) is 9.41.